The van der Waals surface area contributed by atoms with Crippen LogP contribution in [0.4, 0.5) is 0 Å². The van der Waals surface area contributed by atoms with Gasteiger partial charge in [0.05, 0.1) is 11.9 Å². The summed E-state index contributed by atoms with van der Waals surface area (Å²) in [6.07, 6.45) is 2.49. The summed E-state index contributed by atoms with van der Waals surface area (Å²) in [5.74, 6) is 0.584. The molecule has 0 amide bonds. The topological polar surface area (TPSA) is 90.6 Å². The summed E-state index contributed by atoms with van der Waals surface area (Å²) >= 11 is 1.58. The molecule has 0 aliphatic rings. The maximum Gasteiger partial charge on any atom is 0.368 e. The minimum atomic E-state index is -0.279. The molecule has 3 aromatic heterocycles. The van der Waals surface area contributed by atoms with E-state index in [9.17, 15) is 4.79 Å². The van der Waals surface area contributed by atoms with Gasteiger partial charge in [-0.1, -0.05) is 6.92 Å². The van der Waals surface area contributed by atoms with Gasteiger partial charge in [0.15, 0.2) is 0 Å². The minimum absolute atomic E-state index is 0.279. The summed E-state index contributed by atoms with van der Waals surface area (Å²) in [5, 5.41) is 16.1. The Hall–Kier alpha value is -2.42. The fourth-order valence-corrected chi connectivity index (χ4v) is 2.95. The van der Waals surface area contributed by atoms with Crippen molar-refractivity contribution in [2.75, 3.05) is 0 Å². The third kappa shape index (κ3) is 2.47. The highest BCUT2D eigenvalue weighted by Gasteiger charge is 2.17. The van der Waals surface area contributed by atoms with Crippen LogP contribution in [0.25, 0.3) is 5.69 Å². The Morgan fingerprint density at radius 2 is 2.29 bits per heavy atom. The lowest BCUT2D eigenvalue weighted by Gasteiger charge is -2.06. The van der Waals surface area contributed by atoms with Crippen LogP contribution in [0, 0.1) is 0 Å². The molecule has 0 unspecified atom stereocenters. The highest BCUT2D eigenvalue weighted by molar-refractivity contribution is 7.10. The molecule has 8 nitrogen and oxygen atoms in total. The van der Waals surface area contributed by atoms with E-state index in [1.54, 1.807) is 30.6 Å². The number of aromatic amines is 1. The second kappa shape index (κ2) is 5.52. The van der Waals surface area contributed by atoms with Crippen molar-refractivity contribution in [1.29, 1.82) is 0 Å². The molecule has 1 N–H and O–H groups in total. The highest BCUT2D eigenvalue weighted by Crippen LogP contribution is 2.26. The van der Waals surface area contributed by atoms with Gasteiger partial charge in [0.25, 0.3) is 0 Å². The Bertz CT molecular complexity index is 785. The van der Waals surface area contributed by atoms with Crippen molar-refractivity contribution in [3.63, 3.8) is 0 Å². The van der Waals surface area contributed by atoms with Crippen molar-refractivity contribution in [2.24, 2.45) is 7.05 Å². The fraction of sp³-hybridized carbons (Fsp3) is 0.333. The van der Waals surface area contributed by atoms with Gasteiger partial charge in [0.2, 0.25) is 5.88 Å². The first-order valence-electron chi connectivity index (χ1n) is 6.41. The number of nitrogens with zero attached hydrogens (tertiary/aromatic N) is 5. The monoisotopic (exact) mass is 306 g/mol. The van der Waals surface area contributed by atoms with Crippen molar-refractivity contribution in [3.05, 3.63) is 38.6 Å². The van der Waals surface area contributed by atoms with Crippen LogP contribution in [0.1, 0.15) is 17.4 Å². The van der Waals surface area contributed by atoms with Gasteiger partial charge in [-0.3, -0.25) is 0 Å². The van der Waals surface area contributed by atoms with Crippen molar-refractivity contribution < 1.29 is 4.74 Å². The maximum absolute atomic E-state index is 12.0. The maximum atomic E-state index is 12.0. The van der Waals surface area contributed by atoms with Crippen molar-refractivity contribution in [2.45, 2.75) is 20.0 Å². The average Bonchev–Trinajstić information content (AvgIpc) is 3.19. The van der Waals surface area contributed by atoms with Crippen molar-refractivity contribution in [3.8, 4) is 11.6 Å². The smallest absolute Gasteiger partial charge is 0.368 e. The molecule has 0 atom stereocenters. The number of aromatic nitrogens is 6. The second-order valence-corrected chi connectivity index (χ2v) is 5.35. The molecule has 0 aliphatic carbocycles. The molecule has 9 heteroatoms. The van der Waals surface area contributed by atoms with Gasteiger partial charge in [-0.25, -0.2) is 9.89 Å². The number of rotatable bonds is 5. The predicted molar refractivity (Wildman–Crippen MR) is 76.8 cm³/mol. The fourth-order valence-electron chi connectivity index (χ4n) is 1.98. The van der Waals surface area contributed by atoms with Crippen molar-refractivity contribution >= 4 is 11.3 Å². The number of thiophene rings is 1. The van der Waals surface area contributed by atoms with E-state index in [1.807, 2.05) is 5.38 Å². The van der Waals surface area contributed by atoms with Crippen LogP contribution < -0.4 is 10.4 Å². The molecule has 0 spiro atoms. The standard InChI is InChI=1S/C12H14N6O2S/c1-3-10-8(6-20-11-4-5-13-14-11)9(7-21-10)18-12(19)17(2)15-16-18/h4-5,7H,3,6H2,1-2H3,(H,13,14). The van der Waals surface area contributed by atoms with E-state index in [4.69, 9.17) is 4.74 Å². The van der Waals surface area contributed by atoms with Gasteiger partial charge < -0.3 is 4.74 Å². The van der Waals surface area contributed by atoms with Gasteiger partial charge in [0.1, 0.15) is 6.61 Å². The van der Waals surface area contributed by atoms with Crippen LogP contribution >= 0.6 is 11.3 Å². The quantitative estimate of drug-likeness (QED) is 0.756. The first-order chi connectivity index (χ1) is 10.2. The molecule has 3 heterocycles. The molecule has 21 heavy (non-hydrogen) atoms. The minimum Gasteiger partial charge on any atom is -0.473 e. The van der Waals surface area contributed by atoms with Crippen LogP contribution in [0.15, 0.2) is 22.4 Å². The summed E-state index contributed by atoms with van der Waals surface area (Å²) in [6.45, 7) is 2.40. The number of hydrogen-bond donors (Lipinski definition) is 1. The normalized spacial score (nSPS) is 11.0. The molecule has 0 fully saturated rings. The molecule has 0 radical (unpaired) electrons. The van der Waals surface area contributed by atoms with E-state index in [1.165, 1.54) is 9.36 Å². The van der Waals surface area contributed by atoms with Crippen LogP contribution in [-0.2, 0) is 20.1 Å². The summed E-state index contributed by atoms with van der Waals surface area (Å²) in [4.78, 5) is 13.2. The number of tetrazole rings is 1. The second-order valence-electron chi connectivity index (χ2n) is 4.38. The van der Waals surface area contributed by atoms with Crippen molar-refractivity contribution in [1.82, 2.24) is 30.0 Å². The highest BCUT2D eigenvalue weighted by atomic mass is 32.1. The molecule has 0 aliphatic heterocycles. The lowest BCUT2D eigenvalue weighted by molar-refractivity contribution is 0.292. The number of ether oxygens (including phenoxy) is 1. The van der Waals surface area contributed by atoms with E-state index in [-0.39, 0.29) is 5.69 Å². The third-order valence-corrected chi connectivity index (χ3v) is 4.24. The first-order valence-corrected chi connectivity index (χ1v) is 7.29. The first kappa shape index (κ1) is 13.6. The Morgan fingerprint density at radius 3 is 2.90 bits per heavy atom. The molecule has 110 valence electrons. The van der Waals surface area contributed by atoms with E-state index in [0.717, 1.165) is 22.5 Å². The van der Waals surface area contributed by atoms with Crippen LogP contribution in [0.3, 0.4) is 0 Å². The predicted octanol–water partition coefficient (Wildman–Crippen LogP) is 0.892. The molecule has 0 aromatic carbocycles. The molecular formula is C12H14N6O2S. The number of aryl methyl sites for hydroxylation is 2. The van der Waals surface area contributed by atoms with Gasteiger partial charge in [0, 0.05) is 28.9 Å². The van der Waals surface area contributed by atoms with E-state index < -0.39 is 0 Å². The molecule has 0 bridgehead atoms. The zero-order chi connectivity index (χ0) is 14.8. The largest absolute Gasteiger partial charge is 0.473 e. The Morgan fingerprint density at radius 1 is 1.43 bits per heavy atom. The van der Waals surface area contributed by atoms with Crippen LogP contribution in [0.5, 0.6) is 5.88 Å². The zero-order valence-electron chi connectivity index (χ0n) is 11.6. The Kier molecular flexibility index (Phi) is 3.57. The summed E-state index contributed by atoms with van der Waals surface area (Å²) in [6, 6.07) is 1.74. The molecule has 3 rings (SSSR count). The van der Waals surface area contributed by atoms with Gasteiger partial charge in [-0.2, -0.15) is 14.5 Å². The lowest BCUT2D eigenvalue weighted by atomic mass is 10.2. The van der Waals surface area contributed by atoms with E-state index in [2.05, 4.69) is 27.5 Å². The van der Waals surface area contributed by atoms with Crippen LogP contribution in [-0.4, -0.2) is 30.0 Å². The Balaban J connectivity index is 1.96. The summed E-state index contributed by atoms with van der Waals surface area (Å²) in [7, 11) is 1.57. The lowest BCUT2D eigenvalue weighted by Crippen LogP contribution is -2.22. The van der Waals surface area contributed by atoms with Gasteiger partial charge in [-0.15, -0.1) is 11.3 Å². The number of nitrogens with one attached hydrogen (secondary N) is 1. The molecule has 0 saturated heterocycles. The summed E-state index contributed by atoms with van der Waals surface area (Å²) < 4.78 is 8.15. The summed E-state index contributed by atoms with van der Waals surface area (Å²) in [5.41, 5.74) is 1.38. The molecular weight excluding hydrogens is 292 g/mol. The van der Waals surface area contributed by atoms with E-state index >= 15 is 0 Å². The average molecular weight is 306 g/mol. The Labute approximate surface area is 124 Å². The SMILES string of the molecule is CCc1scc(-n2nnn(C)c2=O)c1COc1ccn[nH]1. The van der Waals surface area contributed by atoms with E-state index in [0.29, 0.717) is 12.5 Å². The van der Waals surface area contributed by atoms with Gasteiger partial charge >= 0.3 is 5.69 Å². The van der Waals surface area contributed by atoms with Crippen LogP contribution in [0.2, 0.25) is 0 Å². The number of H-pyrrole nitrogens is 1. The van der Waals surface area contributed by atoms with Gasteiger partial charge in [-0.05, 0) is 16.8 Å². The zero-order valence-corrected chi connectivity index (χ0v) is 12.4. The third-order valence-electron chi connectivity index (χ3n) is 3.08. The number of hydrogen-bond acceptors (Lipinski definition) is 6. The molecule has 3 aromatic rings. The molecule has 0 saturated carbocycles.